The Morgan fingerprint density at radius 3 is 1.97 bits per heavy atom. The molecule has 168 valence electrons. The van der Waals surface area contributed by atoms with Crippen LogP contribution in [0.2, 0.25) is 0 Å². The number of unbranched alkanes of at least 4 members (excludes halogenated alkanes) is 3. The summed E-state index contributed by atoms with van der Waals surface area (Å²) in [5.74, 6) is -0.192. The van der Waals surface area contributed by atoms with Crippen LogP contribution in [0.3, 0.4) is 0 Å². The van der Waals surface area contributed by atoms with E-state index in [2.05, 4.69) is 6.92 Å². The molecule has 4 aromatic carbocycles. The van der Waals surface area contributed by atoms with E-state index >= 15 is 0 Å². The molecule has 33 heavy (non-hydrogen) atoms. The van der Waals surface area contributed by atoms with Crippen molar-refractivity contribution >= 4 is 33.5 Å². The molecule has 0 aromatic heterocycles. The van der Waals surface area contributed by atoms with E-state index in [-0.39, 0.29) is 5.56 Å². The van der Waals surface area contributed by atoms with Crippen LogP contribution < -0.4 is 9.47 Å². The molecule has 5 heteroatoms. The first-order valence-corrected chi connectivity index (χ1v) is 11.2. The van der Waals surface area contributed by atoms with E-state index in [1.165, 1.54) is 25.3 Å². The summed E-state index contributed by atoms with van der Waals surface area (Å²) in [5.41, 5.74) is 0.672. The standard InChI is InChI=1S/C28H26O5/c1-2-3-4-5-14-32-25-12-10-20-16-24(9-7-21(20)17-25)28(31)33-26-13-11-19-15-23(27(29)30)8-6-22(19)18-26/h6-13,15-18H,2-5,14H2,1H3,(H,29,30). The Kier molecular flexibility index (Phi) is 6.89. The number of carbonyl (C=O) groups is 2. The Balaban J connectivity index is 1.44. The van der Waals surface area contributed by atoms with Crippen molar-refractivity contribution in [2.75, 3.05) is 6.61 Å². The molecule has 4 aromatic rings. The molecule has 0 saturated heterocycles. The second-order valence-corrected chi connectivity index (χ2v) is 8.05. The van der Waals surface area contributed by atoms with E-state index in [0.29, 0.717) is 17.9 Å². The van der Waals surface area contributed by atoms with E-state index in [1.807, 2.05) is 30.3 Å². The molecule has 0 radical (unpaired) electrons. The highest BCUT2D eigenvalue weighted by Crippen LogP contribution is 2.25. The first kappa shape index (κ1) is 22.3. The maximum absolute atomic E-state index is 12.7. The van der Waals surface area contributed by atoms with Gasteiger partial charge in [0.2, 0.25) is 0 Å². The Morgan fingerprint density at radius 2 is 1.27 bits per heavy atom. The SMILES string of the molecule is CCCCCCOc1ccc2cc(C(=O)Oc3ccc4cc(C(=O)O)ccc4c3)ccc2c1. The number of esters is 1. The van der Waals surface area contributed by atoms with Gasteiger partial charge >= 0.3 is 11.9 Å². The zero-order valence-electron chi connectivity index (χ0n) is 18.5. The number of carboxylic acids is 1. The molecule has 4 rings (SSSR count). The highest BCUT2D eigenvalue weighted by molar-refractivity contribution is 5.98. The van der Waals surface area contributed by atoms with E-state index < -0.39 is 11.9 Å². The summed E-state index contributed by atoms with van der Waals surface area (Å²) in [4.78, 5) is 23.8. The van der Waals surface area contributed by atoms with Gasteiger partial charge in [-0.25, -0.2) is 9.59 Å². The molecule has 0 aliphatic carbocycles. The molecule has 0 heterocycles. The minimum absolute atomic E-state index is 0.216. The molecule has 0 aliphatic rings. The number of ether oxygens (including phenoxy) is 2. The average molecular weight is 443 g/mol. The second-order valence-electron chi connectivity index (χ2n) is 8.05. The van der Waals surface area contributed by atoms with Crippen molar-refractivity contribution in [1.29, 1.82) is 0 Å². The predicted octanol–water partition coefficient (Wildman–Crippen LogP) is 6.87. The molecule has 0 atom stereocenters. The Bertz CT molecular complexity index is 1310. The van der Waals surface area contributed by atoms with Crippen LogP contribution in [0.25, 0.3) is 21.5 Å². The molecule has 5 nitrogen and oxygen atoms in total. The maximum Gasteiger partial charge on any atom is 0.343 e. The molecule has 0 aliphatic heterocycles. The third-order valence-corrected chi connectivity index (χ3v) is 5.58. The topological polar surface area (TPSA) is 72.8 Å². The Morgan fingerprint density at radius 1 is 0.697 bits per heavy atom. The van der Waals surface area contributed by atoms with Crippen LogP contribution in [0, 0.1) is 0 Å². The van der Waals surface area contributed by atoms with Gasteiger partial charge in [0.15, 0.2) is 0 Å². The van der Waals surface area contributed by atoms with Gasteiger partial charge in [-0.15, -0.1) is 0 Å². The molecule has 0 saturated carbocycles. The monoisotopic (exact) mass is 442 g/mol. The Hall–Kier alpha value is -3.86. The second kappa shape index (κ2) is 10.2. The number of aromatic carboxylic acids is 1. The van der Waals surface area contributed by atoms with Crippen molar-refractivity contribution < 1.29 is 24.2 Å². The predicted molar refractivity (Wildman–Crippen MR) is 129 cm³/mol. The van der Waals surface area contributed by atoms with Crippen molar-refractivity contribution in [2.45, 2.75) is 32.6 Å². The largest absolute Gasteiger partial charge is 0.494 e. The molecule has 0 fully saturated rings. The summed E-state index contributed by atoms with van der Waals surface area (Å²) in [6.45, 7) is 2.90. The van der Waals surface area contributed by atoms with Crippen LogP contribution in [0.5, 0.6) is 11.5 Å². The smallest absolute Gasteiger partial charge is 0.343 e. The van der Waals surface area contributed by atoms with Gasteiger partial charge in [-0.1, -0.05) is 50.5 Å². The highest BCUT2D eigenvalue weighted by atomic mass is 16.5. The van der Waals surface area contributed by atoms with Crippen LogP contribution in [-0.2, 0) is 0 Å². The molecule has 0 bridgehead atoms. The van der Waals surface area contributed by atoms with Crippen molar-refractivity contribution in [2.24, 2.45) is 0 Å². The van der Waals surface area contributed by atoms with Crippen molar-refractivity contribution in [3.8, 4) is 11.5 Å². The number of benzene rings is 4. The molecule has 0 amide bonds. The lowest BCUT2D eigenvalue weighted by Gasteiger charge is -2.09. The molecular formula is C28H26O5. The molecule has 0 unspecified atom stereocenters. The lowest BCUT2D eigenvalue weighted by molar-refractivity contribution is 0.0694. The number of hydrogen-bond donors (Lipinski definition) is 1. The van der Waals surface area contributed by atoms with Gasteiger partial charge < -0.3 is 14.6 Å². The summed E-state index contributed by atoms with van der Waals surface area (Å²) in [5, 5.41) is 12.6. The van der Waals surface area contributed by atoms with Gasteiger partial charge in [-0.3, -0.25) is 0 Å². The molecular weight excluding hydrogens is 416 g/mol. The number of hydrogen-bond acceptors (Lipinski definition) is 4. The van der Waals surface area contributed by atoms with Gasteiger partial charge in [0, 0.05) is 0 Å². The Labute approximate surface area is 192 Å². The average Bonchev–Trinajstić information content (AvgIpc) is 2.83. The van der Waals surface area contributed by atoms with Crippen LogP contribution in [0.15, 0.2) is 72.8 Å². The molecule has 0 spiro atoms. The highest BCUT2D eigenvalue weighted by Gasteiger charge is 2.11. The minimum Gasteiger partial charge on any atom is -0.494 e. The van der Waals surface area contributed by atoms with E-state index in [1.54, 1.807) is 36.4 Å². The van der Waals surface area contributed by atoms with E-state index in [9.17, 15) is 9.59 Å². The van der Waals surface area contributed by atoms with Gasteiger partial charge in [0.1, 0.15) is 11.5 Å². The first-order valence-electron chi connectivity index (χ1n) is 11.2. The summed E-state index contributed by atoms with van der Waals surface area (Å²) in [7, 11) is 0. The molecule has 1 N–H and O–H groups in total. The van der Waals surface area contributed by atoms with Gasteiger partial charge in [-0.2, -0.15) is 0 Å². The van der Waals surface area contributed by atoms with E-state index in [0.717, 1.165) is 33.7 Å². The van der Waals surface area contributed by atoms with Crippen molar-refractivity contribution in [3.05, 3.63) is 83.9 Å². The van der Waals surface area contributed by atoms with Crippen molar-refractivity contribution in [1.82, 2.24) is 0 Å². The fourth-order valence-electron chi connectivity index (χ4n) is 3.75. The quantitative estimate of drug-likeness (QED) is 0.174. The summed E-state index contributed by atoms with van der Waals surface area (Å²) in [6, 6.07) is 21.3. The van der Waals surface area contributed by atoms with Crippen LogP contribution in [0.1, 0.15) is 53.3 Å². The van der Waals surface area contributed by atoms with Crippen molar-refractivity contribution in [3.63, 3.8) is 0 Å². The third-order valence-electron chi connectivity index (χ3n) is 5.58. The normalized spacial score (nSPS) is 10.9. The zero-order valence-corrected chi connectivity index (χ0v) is 18.5. The van der Waals surface area contributed by atoms with Crippen LogP contribution in [-0.4, -0.2) is 23.7 Å². The van der Waals surface area contributed by atoms with Gasteiger partial charge in [-0.05, 0) is 76.5 Å². The summed E-state index contributed by atoms with van der Waals surface area (Å²) >= 11 is 0. The third kappa shape index (κ3) is 5.50. The lowest BCUT2D eigenvalue weighted by Crippen LogP contribution is -2.08. The zero-order chi connectivity index (χ0) is 23.2. The number of carbonyl (C=O) groups excluding carboxylic acids is 1. The summed E-state index contributed by atoms with van der Waals surface area (Å²) < 4.78 is 11.4. The summed E-state index contributed by atoms with van der Waals surface area (Å²) in [6.07, 6.45) is 4.66. The minimum atomic E-state index is -0.977. The fourth-order valence-corrected chi connectivity index (χ4v) is 3.75. The maximum atomic E-state index is 12.7. The number of rotatable bonds is 9. The number of carboxylic acid groups (broad SMARTS) is 1. The first-order chi connectivity index (χ1) is 16.0. The lowest BCUT2D eigenvalue weighted by atomic mass is 10.1. The fraction of sp³-hybridized carbons (Fsp3) is 0.214. The van der Waals surface area contributed by atoms with Gasteiger partial charge in [0.05, 0.1) is 17.7 Å². The van der Waals surface area contributed by atoms with E-state index in [4.69, 9.17) is 14.6 Å². The van der Waals surface area contributed by atoms with Gasteiger partial charge in [0.25, 0.3) is 0 Å². The van der Waals surface area contributed by atoms with Crippen LogP contribution >= 0.6 is 0 Å². The number of fused-ring (bicyclic) bond motifs is 2. The van der Waals surface area contributed by atoms with Crippen LogP contribution in [0.4, 0.5) is 0 Å².